The lowest BCUT2D eigenvalue weighted by molar-refractivity contribution is -0.149. The molecule has 0 spiro atoms. The summed E-state index contributed by atoms with van der Waals surface area (Å²) in [4.78, 5) is 46.0. The van der Waals surface area contributed by atoms with Crippen LogP contribution in [-0.2, 0) is 25.5 Å². The van der Waals surface area contributed by atoms with Crippen molar-refractivity contribution in [3.8, 4) is 5.75 Å². The van der Waals surface area contributed by atoms with Crippen LogP contribution >= 0.6 is 0 Å². The highest BCUT2D eigenvalue weighted by Gasteiger charge is 2.36. The maximum Gasteiger partial charge on any atom is 0.329 e. The normalized spacial score (nSPS) is 16.2. The van der Waals surface area contributed by atoms with Crippen molar-refractivity contribution in [1.29, 1.82) is 0 Å². The van der Waals surface area contributed by atoms with Gasteiger partial charge in [0.1, 0.15) is 17.8 Å². The lowest BCUT2D eigenvalue weighted by Gasteiger charge is -2.36. The van der Waals surface area contributed by atoms with Gasteiger partial charge < -0.3 is 29.4 Å². The predicted molar refractivity (Wildman–Crippen MR) is 105 cm³/mol. The predicted octanol–water partition coefficient (Wildman–Crippen LogP) is 1.18. The molecule has 0 unspecified atom stereocenters. The van der Waals surface area contributed by atoms with E-state index < -0.39 is 30.1 Å². The number of aromatic amines is 1. The maximum atomic E-state index is 13.1. The van der Waals surface area contributed by atoms with Crippen molar-refractivity contribution in [2.75, 3.05) is 27.9 Å². The minimum Gasteiger partial charge on any atom is -0.497 e. The van der Waals surface area contributed by atoms with Crippen LogP contribution in [0.5, 0.6) is 5.75 Å². The van der Waals surface area contributed by atoms with Gasteiger partial charge in [-0.05, 0) is 17.7 Å². The zero-order valence-electron chi connectivity index (χ0n) is 17.0. The second kappa shape index (κ2) is 9.29. The van der Waals surface area contributed by atoms with Gasteiger partial charge in [-0.25, -0.2) is 14.6 Å². The molecule has 10 heteroatoms. The molecule has 30 heavy (non-hydrogen) atoms. The molecule has 1 aromatic heterocycles. The fourth-order valence-corrected chi connectivity index (χ4v) is 3.44. The second-order valence-corrected chi connectivity index (χ2v) is 6.69. The first-order chi connectivity index (χ1) is 14.5. The van der Waals surface area contributed by atoms with Gasteiger partial charge >= 0.3 is 18.0 Å². The number of imidazole rings is 1. The summed E-state index contributed by atoms with van der Waals surface area (Å²) in [7, 11) is 3.98. The number of hydrogen-bond donors (Lipinski definition) is 2. The van der Waals surface area contributed by atoms with Gasteiger partial charge in [0.25, 0.3) is 0 Å². The number of carbonyl (C=O) groups is 3. The SMILES string of the molecule is COC(=O)C[C@@H](NC(=O)N1CCc2[nH]cnc2[C@@H]1c1ccc(OC)cc1)C(=O)OC. The van der Waals surface area contributed by atoms with E-state index in [0.29, 0.717) is 18.7 Å². The van der Waals surface area contributed by atoms with E-state index in [4.69, 9.17) is 9.47 Å². The van der Waals surface area contributed by atoms with E-state index in [1.807, 2.05) is 12.1 Å². The first-order valence-electron chi connectivity index (χ1n) is 9.36. The Labute approximate surface area is 173 Å². The summed E-state index contributed by atoms with van der Waals surface area (Å²) in [5, 5.41) is 2.60. The first kappa shape index (κ1) is 21.2. The van der Waals surface area contributed by atoms with Gasteiger partial charge in [0.15, 0.2) is 0 Å². The van der Waals surface area contributed by atoms with Crippen LogP contribution in [0.1, 0.15) is 29.4 Å². The highest BCUT2D eigenvalue weighted by Crippen LogP contribution is 2.34. The molecule has 0 saturated carbocycles. The van der Waals surface area contributed by atoms with Crippen LogP contribution in [0.3, 0.4) is 0 Å². The molecule has 2 N–H and O–H groups in total. The van der Waals surface area contributed by atoms with Crippen LogP contribution in [0, 0.1) is 0 Å². The highest BCUT2D eigenvalue weighted by molar-refractivity contribution is 5.87. The summed E-state index contributed by atoms with van der Waals surface area (Å²) in [5.74, 6) is -0.672. The van der Waals surface area contributed by atoms with E-state index >= 15 is 0 Å². The maximum absolute atomic E-state index is 13.1. The van der Waals surface area contributed by atoms with E-state index in [0.717, 1.165) is 17.0 Å². The standard InChI is InChI=1S/C20H24N4O6/c1-28-13-6-4-12(5-7-13)18-17-14(21-11-22-17)8-9-24(18)20(27)23-15(19(26)30-3)10-16(25)29-2/h4-7,11,15,18H,8-10H2,1-3H3,(H,21,22)(H,23,27)/t15-,18+/m1/s1. The van der Waals surface area contributed by atoms with Crippen molar-refractivity contribution in [3.63, 3.8) is 0 Å². The van der Waals surface area contributed by atoms with Crippen LogP contribution in [0.25, 0.3) is 0 Å². The van der Waals surface area contributed by atoms with Crippen LogP contribution in [0.15, 0.2) is 30.6 Å². The Bertz CT molecular complexity index is 910. The number of esters is 2. The molecule has 1 aliphatic rings. The summed E-state index contributed by atoms with van der Waals surface area (Å²) in [6.07, 6.45) is 1.84. The molecule has 1 aromatic carbocycles. The van der Waals surface area contributed by atoms with Crippen molar-refractivity contribution in [3.05, 3.63) is 47.5 Å². The zero-order chi connectivity index (χ0) is 21.7. The van der Waals surface area contributed by atoms with Crippen LogP contribution in [-0.4, -0.2) is 66.8 Å². The molecule has 1 aliphatic heterocycles. The van der Waals surface area contributed by atoms with Crippen molar-refractivity contribution >= 4 is 18.0 Å². The quantitative estimate of drug-likeness (QED) is 0.678. The van der Waals surface area contributed by atoms with Crippen molar-refractivity contribution < 1.29 is 28.6 Å². The van der Waals surface area contributed by atoms with Crippen LogP contribution in [0.2, 0.25) is 0 Å². The number of nitrogens with zero attached hydrogens (tertiary/aromatic N) is 2. The van der Waals surface area contributed by atoms with E-state index in [-0.39, 0.29) is 6.42 Å². The molecule has 0 aliphatic carbocycles. The number of benzene rings is 1. The Morgan fingerprint density at radius 1 is 1.20 bits per heavy atom. The number of nitrogens with one attached hydrogen (secondary N) is 2. The smallest absolute Gasteiger partial charge is 0.329 e. The summed E-state index contributed by atoms with van der Waals surface area (Å²) in [6.45, 7) is 0.393. The summed E-state index contributed by atoms with van der Waals surface area (Å²) >= 11 is 0. The third-order valence-corrected chi connectivity index (χ3v) is 5.00. The molecule has 0 fully saturated rings. The number of methoxy groups -OCH3 is 3. The molecular formula is C20H24N4O6. The van der Waals surface area contributed by atoms with Gasteiger partial charge in [0, 0.05) is 18.7 Å². The third-order valence-electron chi connectivity index (χ3n) is 5.00. The average molecular weight is 416 g/mol. The number of amides is 2. The minimum absolute atomic E-state index is 0.330. The van der Waals surface area contributed by atoms with E-state index in [1.165, 1.54) is 14.2 Å². The van der Waals surface area contributed by atoms with Gasteiger partial charge in [-0.15, -0.1) is 0 Å². The van der Waals surface area contributed by atoms with Crippen molar-refractivity contribution in [1.82, 2.24) is 20.2 Å². The zero-order valence-corrected chi connectivity index (χ0v) is 17.0. The van der Waals surface area contributed by atoms with E-state index in [1.54, 1.807) is 30.5 Å². The summed E-state index contributed by atoms with van der Waals surface area (Å²) in [5.41, 5.74) is 2.50. The fraction of sp³-hybridized carbons (Fsp3) is 0.400. The molecule has 0 bridgehead atoms. The van der Waals surface area contributed by atoms with Crippen LogP contribution < -0.4 is 10.1 Å². The molecule has 0 saturated heterocycles. The van der Waals surface area contributed by atoms with Gasteiger partial charge in [0.05, 0.1) is 39.8 Å². The monoisotopic (exact) mass is 416 g/mol. The van der Waals surface area contributed by atoms with Gasteiger partial charge in [0.2, 0.25) is 0 Å². The number of fused-ring (bicyclic) bond motifs is 1. The summed E-state index contributed by atoms with van der Waals surface area (Å²) < 4.78 is 14.5. The highest BCUT2D eigenvalue weighted by atomic mass is 16.5. The Kier molecular flexibility index (Phi) is 6.55. The second-order valence-electron chi connectivity index (χ2n) is 6.69. The van der Waals surface area contributed by atoms with Gasteiger partial charge in [-0.1, -0.05) is 12.1 Å². The Morgan fingerprint density at radius 2 is 1.93 bits per heavy atom. The largest absolute Gasteiger partial charge is 0.497 e. The molecule has 0 radical (unpaired) electrons. The number of H-pyrrole nitrogens is 1. The van der Waals surface area contributed by atoms with Crippen LogP contribution in [0.4, 0.5) is 4.79 Å². The lowest BCUT2D eigenvalue weighted by Crippen LogP contribution is -2.52. The van der Waals surface area contributed by atoms with Gasteiger partial charge in [-0.3, -0.25) is 4.79 Å². The average Bonchev–Trinajstić information content (AvgIpc) is 3.26. The minimum atomic E-state index is -1.16. The number of carbonyl (C=O) groups excluding carboxylic acids is 3. The molecule has 2 atom stereocenters. The Hall–Kier alpha value is -3.56. The van der Waals surface area contributed by atoms with Gasteiger partial charge in [-0.2, -0.15) is 0 Å². The van der Waals surface area contributed by atoms with Crippen molar-refractivity contribution in [2.24, 2.45) is 0 Å². The lowest BCUT2D eigenvalue weighted by atomic mass is 9.96. The first-order valence-corrected chi connectivity index (χ1v) is 9.36. The Morgan fingerprint density at radius 3 is 2.57 bits per heavy atom. The Balaban J connectivity index is 1.88. The van der Waals surface area contributed by atoms with E-state index in [9.17, 15) is 14.4 Å². The number of aromatic nitrogens is 2. The number of ether oxygens (including phenoxy) is 3. The number of urea groups is 1. The molecule has 160 valence electrons. The number of rotatable bonds is 6. The topological polar surface area (TPSA) is 123 Å². The molecule has 2 heterocycles. The third kappa shape index (κ3) is 4.37. The molecule has 10 nitrogen and oxygen atoms in total. The molecule has 2 amide bonds. The molecule has 2 aromatic rings. The van der Waals surface area contributed by atoms with Crippen molar-refractivity contribution in [2.45, 2.75) is 24.9 Å². The summed E-state index contributed by atoms with van der Waals surface area (Å²) in [6, 6.07) is 5.19. The molecular weight excluding hydrogens is 392 g/mol. The number of hydrogen-bond acceptors (Lipinski definition) is 7. The molecule has 3 rings (SSSR count). The fourth-order valence-electron chi connectivity index (χ4n) is 3.44. The van der Waals surface area contributed by atoms with E-state index in [2.05, 4.69) is 20.0 Å².